The van der Waals surface area contributed by atoms with Crippen molar-refractivity contribution >= 4 is 16.9 Å². The van der Waals surface area contributed by atoms with E-state index in [9.17, 15) is 4.79 Å². The monoisotopic (exact) mass is 342 g/mol. The second-order valence-electron chi connectivity index (χ2n) is 6.37. The third kappa shape index (κ3) is 4.48. The fourth-order valence-electron chi connectivity index (χ4n) is 2.57. The summed E-state index contributed by atoms with van der Waals surface area (Å²) in [5, 5.41) is 7.81. The first kappa shape index (κ1) is 17.2. The molecule has 1 amide bonds. The molecule has 0 saturated carbocycles. The van der Waals surface area contributed by atoms with Crippen LogP contribution < -0.4 is 5.32 Å². The van der Waals surface area contributed by atoms with Crippen LogP contribution in [0.25, 0.3) is 11.0 Å². The highest BCUT2D eigenvalue weighted by Gasteiger charge is 2.19. The van der Waals surface area contributed by atoms with Crippen LogP contribution in [0.15, 0.2) is 51.6 Å². The quantitative estimate of drug-likeness (QED) is 0.678. The molecule has 1 atom stereocenters. The zero-order valence-electron chi connectivity index (χ0n) is 14.4. The van der Waals surface area contributed by atoms with Gasteiger partial charge in [-0.25, -0.2) is 0 Å². The number of ether oxygens (including phenoxy) is 1. The summed E-state index contributed by atoms with van der Waals surface area (Å²) in [5.41, 5.74) is 1.29. The van der Waals surface area contributed by atoms with Gasteiger partial charge in [0.25, 0.3) is 0 Å². The van der Waals surface area contributed by atoms with E-state index < -0.39 is 0 Å². The van der Waals surface area contributed by atoms with Crippen LogP contribution in [0.5, 0.6) is 0 Å². The highest BCUT2D eigenvalue weighted by atomic mass is 16.5. The van der Waals surface area contributed by atoms with Crippen molar-refractivity contribution in [3.05, 3.63) is 54.1 Å². The maximum absolute atomic E-state index is 12.5. The van der Waals surface area contributed by atoms with E-state index in [1.54, 1.807) is 12.3 Å². The Morgan fingerprint density at radius 1 is 1.20 bits per heavy atom. The number of carbonyl (C=O) groups is 1. The molecule has 0 aliphatic carbocycles. The molecular weight excluding hydrogens is 320 g/mol. The fourth-order valence-corrected chi connectivity index (χ4v) is 2.57. The highest BCUT2D eigenvalue weighted by molar-refractivity contribution is 5.86. The summed E-state index contributed by atoms with van der Waals surface area (Å²) in [4.78, 5) is 12.5. The van der Waals surface area contributed by atoms with Crippen molar-refractivity contribution in [3.8, 4) is 0 Å². The largest absolute Gasteiger partial charge is 0.467 e. The molecule has 0 aliphatic rings. The summed E-state index contributed by atoms with van der Waals surface area (Å²) in [6.45, 7) is 5.14. The van der Waals surface area contributed by atoms with Crippen LogP contribution in [0.2, 0.25) is 0 Å². The molecular formula is C19H22N2O4. The van der Waals surface area contributed by atoms with Crippen molar-refractivity contribution in [3.63, 3.8) is 0 Å². The number of hydrogen-bond acceptors (Lipinski definition) is 5. The van der Waals surface area contributed by atoms with E-state index >= 15 is 0 Å². The van der Waals surface area contributed by atoms with Crippen LogP contribution in [-0.4, -0.2) is 24.3 Å². The van der Waals surface area contributed by atoms with Crippen molar-refractivity contribution in [2.24, 2.45) is 5.92 Å². The van der Waals surface area contributed by atoms with Crippen LogP contribution in [0.3, 0.4) is 0 Å². The number of carbonyl (C=O) groups excluding carboxylic acids is 1. The van der Waals surface area contributed by atoms with Gasteiger partial charge in [-0.3, -0.25) is 4.79 Å². The van der Waals surface area contributed by atoms with Gasteiger partial charge in [0.05, 0.1) is 19.3 Å². The average molecular weight is 342 g/mol. The van der Waals surface area contributed by atoms with E-state index in [4.69, 9.17) is 13.7 Å². The molecule has 6 nitrogen and oxygen atoms in total. The molecule has 2 heterocycles. The number of nitrogens with one attached hydrogen (secondary N) is 1. The predicted molar refractivity (Wildman–Crippen MR) is 93.0 cm³/mol. The van der Waals surface area contributed by atoms with Crippen LogP contribution in [0.4, 0.5) is 0 Å². The standard InChI is InChI=1S/C19H22N2O4/c1-13(2)11-23-12-16(18-8-5-9-24-18)20-19(22)10-15-14-6-3-4-7-17(14)25-21-15/h3-9,13,16H,10-12H2,1-2H3,(H,20,22)/t16-/m1/s1. The van der Waals surface area contributed by atoms with Gasteiger partial charge in [0, 0.05) is 12.0 Å². The number of fused-ring (bicyclic) bond motifs is 1. The van der Waals surface area contributed by atoms with Gasteiger partial charge < -0.3 is 19.0 Å². The number of benzene rings is 1. The summed E-state index contributed by atoms with van der Waals surface area (Å²) in [5.74, 6) is 0.935. The van der Waals surface area contributed by atoms with Crippen molar-refractivity contribution < 1.29 is 18.5 Å². The lowest BCUT2D eigenvalue weighted by Gasteiger charge is -2.17. The van der Waals surface area contributed by atoms with Crippen molar-refractivity contribution in [2.45, 2.75) is 26.3 Å². The summed E-state index contributed by atoms with van der Waals surface area (Å²) in [6.07, 6.45) is 1.72. The fraction of sp³-hybridized carbons (Fsp3) is 0.368. The molecule has 132 valence electrons. The molecule has 0 bridgehead atoms. The molecule has 0 saturated heterocycles. The van der Waals surface area contributed by atoms with Crippen molar-refractivity contribution in [1.29, 1.82) is 0 Å². The number of nitrogens with zero attached hydrogens (tertiary/aromatic N) is 1. The van der Waals surface area contributed by atoms with E-state index in [1.165, 1.54) is 0 Å². The Morgan fingerprint density at radius 3 is 2.80 bits per heavy atom. The van der Waals surface area contributed by atoms with Gasteiger partial charge >= 0.3 is 0 Å². The second-order valence-corrected chi connectivity index (χ2v) is 6.37. The van der Waals surface area contributed by atoms with Gasteiger partial charge in [0.2, 0.25) is 5.91 Å². The van der Waals surface area contributed by atoms with E-state index in [-0.39, 0.29) is 18.4 Å². The first-order valence-electron chi connectivity index (χ1n) is 8.37. The number of rotatable bonds is 8. The minimum Gasteiger partial charge on any atom is -0.467 e. The smallest absolute Gasteiger partial charge is 0.226 e. The third-order valence-corrected chi connectivity index (χ3v) is 3.74. The number of para-hydroxylation sites is 1. The Kier molecular flexibility index (Phi) is 5.50. The topological polar surface area (TPSA) is 77.5 Å². The lowest BCUT2D eigenvalue weighted by atomic mass is 10.1. The molecule has 1 aromatic carbocycles. The van der Waals surface area contributed by atoms with E-state index in [0.29, 0.717) is 36.2 Å². The maximum Gasteiger partial charge on any atom is 0.226 e. The van der Waals surface area contributed by atoms with Gasteiger partial charge in [0.1, 0.15) is 17.5 Å². The summed E-state index contributed by atoms with van der Waals surface area (Å²) in [7, 11) is 0. The summed E-state index contributed by atoms with van der Waals surface area (Å²) < 4.78 is 16.4. The van der Waals surface area contributed by atoms with Gasteiger partial charge in [-0.05, 0) is 30.2 Å². The third-order valence-electron chi connectivity index (χ3n) is 3.74. The Bertz CT molecular complexity index is 808. The maximum atomic E-state index is 12.5. The van der Waals surface area contributed by atoms with E-state index in [2.05, 4.69) is 24.3 Å². The van der Waals surface area contributed by atoms with Gasteiger partial charge in [-0.1, -0.05) is 31.1 Å². The minimum absolute atomic E-state index is 0.137. The van der Waals surface area contributed by atoms with Gasteiger partial charge in [0.15, 0.2) is 5.58 Å². The average Bonchev–Trinajstić information content (AvgIpc) is 3.24. The first-order valence-corrected chi connectivity index (χ1v) is 8.37. The van der Waals surface area contributed by atoms with E-state index in [1.807, 2.05) is 30.3 Å². The molecule has 3 rings (SSSR count). The number of aromatic nitrogens is 1. The van der Waals surface area contributed by atoms with Crippen molar-refractivity contribution in [1.82, 2.24) is 10.5 Å². The van der Waals surface area contributed by atoms with Crippen LogP contribution in [-0.2, 0) is 16.0 Å². The molecule has 0 fully saturated rings. The summed E-state index contributed by atoms with van der Waals surface area (Å²) >= 11 is 0. The lowest BCUT2D eigenvalue weighted by molar-refractivity contribution is -0.122. The Morgan fingerprint density at radius 2 is 2.04 bits per heavy atom. The zero-order chi connectivity index (χ0) is 17.6. The Labute approximate surface area is 146 Å². The van der Waals surface area contributed by atoms with Crippen LogP contribution >= 0.6 is 0 Å². The molecule has 0 spiro atoms. The predicted octanol–water partition coefficient (Wildman–Crippen LogP) is 3.49. The second kappa shape index (κ2) is 7.98. The van der Waals surface area contributed by atoms with Gasteiger partial charge in [-0.2, -0.15) is 0 Å². The van der Waals surface area contributed by atoms with E-state index in [0.717, 1.165) is 5.39 Å². The highest BCUT2D eigenvalue weighted by Crippen LogP contribution is 2.19. The molecule has 0 radical (unpaired) electrons. The number of hydrogen-bond donors (Lipinski definition) is 1. The molecule has 0 unspecified atom stereocenters. The molecule has 2 aromatic heterocycles. The SMILES string of the molecule is CC(C)COC[C@@H](NC(=O)Cc1noc2ccccc12)c1ccco1. The van der Waals surface area contributed by atoms with Crippen molar-refractivity contribution in [2.75, 3.05) is 13.2 Å². The number of furan rings is 1. The zero-order valence-corrected chi connectivity index (χ0v) is 14.4. The Balaban J connectivity index is 1.65. The summed E-state index contributed by atoms with van der Waals surface area (Å²) in [6, 6.07) is 10.8. The van der Waals surface area contributed by atoms with Crippen LogP contribution in [0.1, 0.15) is 31.3 Å². The molecule has 1 N–H and O–H groups in total. The molecule has 6 heteroatoms. The Hall–Kier alpha value is -2.60. The number of amides is 1. The molecule has 25 heavy (non-hydrogen) atoms. The molecule has 3 aromatic rings. The first-order chi connectivity index (χ1) is 12.1. The van der Waals surface area contributed by atoms with Crippen LogP contribution in [0, 0.1) is 5.92 Å². The molecule has 0 aliphatic heterocycles. The minimum atomic E-state index is -0.334. The lowest BCUT2D eigenvalue weighted by Crippen LogP contribution is -2.33. The van der Waals surface area contributed by atoms with Gasteiger partial charge in [-0.15, -0.1) is 0 Å². The normalized spacial score (nSPS) is 12.6.